The summed E-state index contributed by atoms with van der Waals surface area (Å²) in [5, 5.41) is 3.49. The Morgan fingerprint density at radius 1 is 1.22 bits per heavy atom. The van der Waals surface area contributed by atoms with Gasteiger partial charge in [0.05, 0.1) is 6.61 Å². The van der Waals surface area contributed by atoms with Gasteiger partial charge in [-0.3, -0.25) is 0 Å². The maximum absolute atomic E-state index is 5.75. The molecule has 0 aromatic heterocycles. The molecule has 0 amide bonds. The number of rotatable bonds is 8. The first kappa shape index (κ1) is 15.5. The van der Waals surface area contributed by atoms with Gasteiger partial charge in [0.25, 0.3) is 0 Å². The lowest BCUT2D eigenvalue weighted by molar-refractivity contribution is 0.269. The van der Waals surface area contributed by atoms with E-state index < -0.39 is 0 Å². The molecule has 0 fully saturated rings. The van der Waals surface area contributed by atoms with E-state index in [1.807, 2.05) is 24.3 Å². The molecule has 1 aromatic carbocycles. The van der Waals surface area contributed by atoms with Crippen LogP contribution >= 0.6 is 15.9 Å². The normalized spacial score (nSPS) is 12.7. The summed E-state index contributed by atoms with van der Waals surface area (Å²) in [6, 6.07) is 8.57. The number of ether oxygens (including phenoxy) is 1. The molecular formula is C15H24BrNO. The highest BCUT2D eigenvalue weighted by molar-refractivity contribution is 9.10. The Bertz CT molecular complexity index is 324. The molecule has 0 saturated carbocycles. The molecule has 0 aliphatic carbocycles. The zero-order valence-electron chi connectivity index (χ0n) is 11.6. The highest BCUT2D eigenvalue weighted by Crippen LogP contribution is 2.17. The van der Waals surface area contributed by atoms with Gasteiger partial charge in [0, 0.05) is 10.5 Å². The lowest BCUT2D eigenvalue weighted by atomic mass is 10.0. The van der Waals surface area contributed by atoms with Crippen LogP contribution in [0, 0.1) is 5.92 Å². The van der Waals surface area contributed by atoms with Crippen molar-refractivity contribution >= 4 is 15.9 Å². The van der Waals surface area contributed by atoms with Gasteiger partial charge < -0.3 is 10.1 Å². The molecule has 0 heterocycles. The third-order valence-corrected chi connectivity index (χ3v) is 3.53. The van der Waals surface area contributed by atoms with E-state index in [0.717, 1.165) is 29.8 Å². The molecule has 2 nitrogen and oxygen atoms in total. The van der Waals surface area contributed by atoms with Crippen molar-refractivity contribution in [3.05, 3.63) is 28.7 Å². The maximum Gasteiger partial charge on any atom is 0.119 e. The maximum atomic E-state index is 5.75. The van der Waals surface area contributed by atoms with Gasteiger partial charge >= 0.3 is 0 Å². The first-order valence-electron chi connectivity index (χ1n) is 6.73. The van der Waals surface area contributed by atoms with Gasteiger partial charge in [-0.1, -0.05) is 43.1 Å². The summed E-state index contributed by atoms with van der Waals surface area (Å²) in [6.07, 6.45) is 2.30. The minimum Gasteiger partial charge on any atom is -0.494 e. The Labute approximate surface area is 119 Å². The summed E-state index contributed by atoms with van der Waals surface area (Å²) >= 11 is 3.42. The summed E-state index contributed by atoms with van der Waals surface area (Å²) in [4.78, 5) is 0. The van der Waals surface area contributed by atoms with Gasteiger partial charge in [0.15, 0.2) is 0 Å². The lowest BCUT2D eigenvalue weighted by Gasteiger charge is -2.17. The van der Waals surface area contributed by atoms with E-state index in [-0.39, 0.29) is 0 Å². The average molecular weight is 314 g/mol. The molecule has 18 heavy (non-hydrogen) atoms. The predicted octanol–water partition coefficient (Wildman–Crippen LogP) is 4.24. The molecule has 1 aromatic rings. The molecule has 3 heteroatoms. The van der Waals surface area contributed by atoms with Crippen molar-refractivity contribution in [2.45, 2.75) is 39.7 Å². The van der Waals surface area contributed by atoms with Crippen LogP contribution in [-0.4, -0.2) is 19.2 Å². The first-order valence-corrected chi connectivity index (χ1v) is 7.52. The fourth-order valence-corrected chi connectivity index (χ4v) is 1.99. The topological polar surface area (TPSA) is 21.3 Å². The van der Waals surface area contributed by atoms with Gasteiger partial charge in [-0.25, -0.2) is 0 Å². The second-order valence-corrected chi connectivity index (χ2v) is 5.84. The van der Waals surface area contributed by atoms with E-state index in [1.165, 1.54) is 6.42 Å². The van der Waals surface area contributed by atoms with Crippen molar-refractivity contribution in [1.29, 1.82) is 0 Å². The van der Waals surface area contributed by atoms with Crippen LogP contribution in [0.3, 0.4) is 0 Å². The average Bonchev–Trinajstić information content (AvgIpc) is 2.35. The van der Waals surface area contributed by atoms with Crippen molar-refractivity contribution in [1.82, 2.24) is 5.32 Å². The van der Waals surface area contributed by atoms with Crippen LogP contribution in [0.5, 0.6) is 5.75 Å². The second kappa shape index (κ2) is 8.54. The van der Waals surface area contributed by atoms with E-state index in [4.69, 9.17) is 4.74 Å². The van der Waals surface area contributed by atoms with Gasteiger partial charge in [-0.05, 0) is 43.1 Å². The van der Waals surface area contributed by atoms with Crippen molar-refractivity contribution in [3.8, 4) is 5.75 Å². The van der Waals surface area contributed by atoms with Crippen LogP contribution in [0.1, 0.15) is 33.6 Å². The number of nitrogens with one attached hydrogen (secondary N) is 1. The molecule has 102 valence electrons. The van der Waals surface area contributed by atoms with Gasteiger partial charge in [0.1, 0.15) is 5.75 Å². The highest BCUT2D eigenvalue weighted by Gasteiger charge is 2.07. The molecule has 0 spiro atoms. The molecule has 1 atom stereocenters. The summed E-state index contributed by atoms with van der Waals surface area (Å²) in [7, 11) is 0. The standard InChI is InChI=1S/C15H24BrNO/c1-4-13(11-17-12(2)3)9-10-18-15-7-5-14(16)6-8-15/h5-8,12-13,17H,4,9-11H2,1-3H3. The van der Waals surface area contributed by atoms with E-state index in [0.29, 0.717) is 12.0 Å². The van der Waals surface area contributed by atoms with E-state index in [2.05, 4.69) is 42.0 Å². The highest BCUT2D eigenvalue weighted by atomic mass is 79.9. The van der Waals surface area contributed by atoms with Crippen LogP contribution in [0.2, 0.25) is 0 Å². The van der Waals surface area contributed by atoms with Gasteiger partial charge in [-0.15, -0.1) is 0 Å². The molecule has 1 N–H and O–H groups in total. The van der Waals surface area contributed by atoms with E-state index in [1.54, 1.807) is 0 Å². The minimum atomic E-state index is 0.562. The molecule has 1 rings (SSSR count). The Hall–Kier alpha value is -0.540. The van der Waals surface area contributed by atoms with Gasteiger partial charge in [0.2, 0.25) is 0 Å². The SMILES string of the molecule is CCC(CCOc1ccc(Br)cc1)CNC(C)C. The third kappa shape index (κ3) is 6.41. The Morgan fingerprint density at radius 3 is 2.44 bits per heavy atom. The molecular weight excluding hydrogens is 290 g/mol. The van der Waals surface area contributed by atoms with Crippen molar-refractivity contribution in [2.24, 2.45) is 5.92 Å². The smallest absolute Gasteiger partial charge is 0.119 e. The fourth-order valence-electron chi connectivity index (χ4n) is 1.73. The second-order valence-electron chi connectivity index (χ2n) is 4.93. The zero-order chi connectivity index (χ0) is 13.4. The molecule has 0 radical (unpaired) electrons. The minimum absolute atomic E-state index is 0.562. The Balaban J connectivity index is 2.24. The Kier molecular flexibility index (Phi) is 7.36. The zero-order valence-corrected chi connectivity index (χ0v) is 13.2. The third-order valence-electron chi connectivity index (χ3n) is 3.00. The van der Waals surface area contributed by atoms with Crippen LogP contribution in [0.25, 0.3) is 0 Å². The number of benzene rings is 1. The number of halogens is 1. The molecule has 0 aliphatic heterocycles. The van der Waals surface area contributed by atoms with Crippen LogP contribution in [0.4, 0.5) is 0 Å². The van der Waals surface area contributed by atoms with E-state index >= 15 is 0 Å². The summed E-state index contributed by atoms with van der Waals surface area (Å²) in [6.45, 7) is 8.49. The van der Waals surface area contributed by atoms with Crippen LogP contribution in [-0.2, 0) is 0 Å². The number of hydrogen-bond donors (Lipinski definition) is 1. The van der Waals surface area contributed by atoms with Crippen molar-refractivity contribution in [2.75, 3.05) is 13.2 Å². The number of hydrogen-bond acceptors (Lipinski definition) is 2. The van der Waals surface area contributed by atoms with Crippen molar-refractivity contribution < 1.29 is 4.74 Å². The predicted molar refractivity (Wildman–Crippen MR) is 81.2 cm³/mol. The van der Waals surface area contributed by atoms with Gasteiger partial charge in [-0.2, -0.15) is 0 Å². The van der Waals surface area contributed by atoms with Crippen molar-refractivity contribution in [3.63, 3.8) is 0 Å². The largest absolute Gasteiger partial charge is 0.494 e. The summed E-state index contributed by atoms with van der Waals surface area (Å²) in [5.41, 5.74) is 0. The Morgan fingerprint density at radius 2 is 1.89 bits per heavy atom. The summed E-state index contributed by atoms with van der Waals surface area (Å²) in [5.74, 6) is 1.65. The van der Waals surface area contributed by atoms with E-state index in [9.17, 15) is 0 Å². The monoisotopic (exact) mass is 313 g/mol. The lowest BCUT2D eigenvalue weighted by Crippen LogP contribution is -2.29. The fraction of sp³-hybridized carbons (Fsp3) is 0.600. The summed E-state index contributed by atoms with van der Waals surface area (Å²) < 4.78 is 6.84. The molecule has 1 unspecified atom stereocenters. The molecule has 0 saturated heterocycles. The molecule has 0 aliphatic rings. The van der Waals surface area contributed by atoms with Crippen LogP contribution in [0.15, 0.2) is 28.7 Å². The first-order chi connectivity index (χ1) is 8.61. The quantitative estimate of drug-likeness (QED) is 0.775. The molecule has 0 bridgehead atoms. The van der Waals surface area contributed by atoms with Crippen LogP contribution < -0.4 is 10.1 Å².